The van der Waals surface area contributed by atoms with Gasteiger partial charge in [-0.3, -0.25) is 4.68 Å². The molecule has 0 N–H and O–H groups in total. The molecular weight excluding hydrogens is 448 g/mol. The molecule has 4 rings (SSSR count). The predicted molar refractivity (Wildman–Crippen MR) is 117 cm³/mol. The Morgan fingerprint density at radius 1 is 1.33 bits per heavy atom. The molecule has 3 aliphatic heterocycles. The quantitative estimate of drug-likeness (QED) is 0.650. The summed E-state index contributed by atoms with van der Waals surface area (Å²) in [7, 11) is 2.11. The Balaban J connectivity index is 1.42. The fraction of sp³-hybridized carbons (Fsp3) is 0.667. The number of carbonyl (C=O) groups is 1. The van der Waals surface area contributed by atoms with Crippen molar-refractivity contribution < 1.29 is 9.53 Å². The predicted octanol–water partition coefficient (Wildman–Crippen LogP) is 3.37. The molecule has 4 heterocycles. The van der Waals surface area contributed by atoms with Crippen molar-refractivity contribution in [3.8, 4) is 6.07 Å². The Labute approximate surface area is 186 Å². The topological polar surface area (TPSA) is 77.6 Å². The Morgan fingerprint density at radius 3 is 2.77 bits per heavy atom. The van der Waals surface area contributed by atoms with Crippen molar-refractivity contribution in [1.82, 2.24) is 24.7 Å². The van der Waals surface area contributed by atoms with Crippen LogP contribution < -0.4 is 0 Å². The molecule has 162 valence electrons. The standard InChI is InChI=1S/C21H29BrN6O2/c1-21(2,3)30-20(29)26-9-5-6-15(12-26)27-13-18(25(27)4)17-8-7-16(22)19-14(10-23)11-24-28(17)19/h7,11,15,17-18H,5-6,8-9,12-13H2,1-4H3/t15-,17?,18+/m0/s1. The monoisotopic (exact) mass is 476 g/mol. The molecule has 30 heavy (non-hydrogen) atoms. The van der Waals surface area contributed by atoms with E-state index in [2.05, 4.69) is 50.2 Å². The first-order chi connectivity index (χ1) is 14.2. The van der Waals surface area contributed by atoms with Gasteiger partial charge in [0.05, 0.1) is 29.5 Å². The van der Waals surface area contributed by atoms with Gasteiger partial charge < -0.3 is 9.64 Å². The molecule has 0 aliphatic carbocycles. The Bertz CT molecular complexity index is 898. The van der Waals surface area contributed by atoms with Gasteiger partial charge in [-0.2, -0.15) is 10.4 Å². The second-order valence-corrected chi connectivity index (χ2v) is 10.2. The van der Waals surface area contributed by atoms with Crippen LogP contribution in [0.2, 0.25) is 0 Å². The average molecular weight is 477 g/mol. The maximum absolute atomic E-state index is 12.5. The van der Waals surface area contributed by atoms with E-state index in [0.29, 0.717) is 24.2 Å². The minimum absolute atomic E-state index is 0.190. The van der Waals surface area contributed by atoms with Gasteiger partial charge in [-0.15, -0.1) is 0 Å². The molecule has 2 fully saturated rings. The first kappa shape index (κ1) is 21.3. The lowest BCUT2D eigenvalue weighted by atomic mass is 9.95. The van der Waals surface area contributed by atoms with Crippen molar-refractivity contribution >= 4 is 26.5 Å². The minimum Gasteiger partial charge on any atom is -0.444 e. The molecule has 1 aromatic rings. The van der Waals surface area contributed by atoms with Crippen LogP contribution >= 0.6 is 15.9 Å². The van der Waals surface area contributed by atoms with Gasteiger partial charge >= 0.3 is 6.09 Å². The molecule has 0 saturated carbocycles. The number of allylic oxidation sites excluding steroid dienone is 1. The van der Waals surface area contributed by atoms with Crippen LogP contribution in [0.15, 0.2) is 12.3 Å². The maximum atomic E-state index is 12.5. The highest BCUT2D eigenvalue weighted by Crippen LogP contribution is 2.40. The van der Waals surface area contributed by atoms with Gasteiger partial charge in [0.15, 0.2) is 0 Å². The number of aromatic nitrogens is 2. The number of likely N-dealkylation sites (N-methyl/N-ethyl adjacent to an activating group) is 1. The number of carbonyl (C=O) groups excluding carboxylic acids is 1. The van der Waals surface area contributed by atoms with E-state index >= 15 is 0 Å². The number of hydrogen-bond acceptors (Lipinski definition) is 6. The van der Waals surface area contributed by atoms with Gasteiger partial charge in [0, 0.05) is 37.2 Å². The molecule has 3 atom stereocenters. The number of hydrogen-bond donors (Lipinski definition) is 0. The number of hydrazine groups is 1. The third-order valence-corrected chi connectivity index (χ3v) is 6.87. The second-order valence-electron chi connectivity index (χ2n) is 9.30. The Morgan fingerprint density at radius 2 is 2.10 bits per heavy atom. The number of amides is 1. The summed E-state index contributed by atoms with van der Waals surface area (Å²) < 4.78 is 8.50. The molecule has 1 unspecified atom stereocenters. The van der Waals surface area contributed by atoms with E-state index in [1.807, 2.05) is 30.4 Å². The Kier molecular flexibility index (Phi) is 5.68. The zero-order valence-corrected chi connectivity index (χ0v) is 19.6. The number of rotatable bonds is 2. The first-order valence-electron chi connectivity index (χ1n) is 10.5. The van der Waals surface area contributed by atoms with Gasteiger partial charge in [0.2, 0.25) is 0 Å². The average Bonchev–Trinajstić information content (AvgIpc) is 3.13. The van der Waals surface area contributed by atoms with E-state index in [4.69, 9.17) is 4.74 Å². The molecule has 0 aromatic carbocycles. The summed E-state index contributed by atoms with van der Waals surface area (Å²) >= 11 is 3.58. The van der Waals surface area contributed by atoms with Crippen LogP contribution in [0.4, 0.5) is 4.79 Å². The number of likely N-dealkylation sites (tertiary alicyclic amines) is 1. The number of halogens is 1. The van der Waals surface area contributed by atoms with Gasteiger partial charge in [0.25, 0.3) is 0 Å². The highest BCUT2D eigenvalue weighted by atomic mass is 79.9. The van der Waals surface area contributed by atoms with Crippen LogP contribution in [0.1, 0.15) is 57.3 Å². The highest BCUT2D eigenvalue weighted by Gasteiger charge is 2.45. The van der Waals surface area contributed by atoms with Crippen molar-refractivity contribution in [3.63, 3.8) is 0 Å². The minimum atomic E-state index is -0.477. The summed E-state index contributed by atoms with van der Waals surface area (Å²) in [4.78, 5) is 14.3. The third-order valence-electron chi connectivity index (χ3n) is 6.17. The van der Waals surface area contributed by atoms with Gasteiger partial charge in [-0.05, 0) is 56.0 Å². The fourth-order valence-corrected chi connectivity index (χ4v) is 5.26. The lowest BCUT2D eigenvalue weighted by molar-refractivity contribution is -0.192. The van der Waals surface area contributed by atoms with Gasteiger partial charge in [-0.25, -0.2) is 14.8 Å². The van der Waals surface area contributed by atoms with E-state index in [-0.39, 0.29) is 12.1 Å². The van der Waals surface area contributed by atoms with Crippen LogP contribution in [0.5, 0.6) is 0 Å². The molecule has 8 nitrogen and oxygen atoms in total. The van der Waals surface area contributed by atoms with Gasteiger partial charge in [-0.1, -0.05) is 6.08 Å². The zero-order chi connectivity index (χ0) is 21.6. The maximum Gasteiger partial charge on any atom is 0.410 e. The van der Waals surface area contributed by atoms with Crippen molar-refractivity contribution in [2.75, 3.05) is 26.7 Å². The second kappa shape index (κ2) is 7.98. The lowest BCUT2D eigenvalue weighted by Crippen LogP contribution is -2.70. The SMILES string of the molecule is CN1[C@@H](C2CC=C(Br)c3c(C#N)cnn32)CN1[C@H]1CCCN(C(=O)OC(C)(C)C)C1. The smallest absolute Gasteiger partial charge is 0.410 e. The zero-order valence-electron chi connectivity index (χ0n) is 18.0. The van der Waals surface area contributed by atoms with Crippen molar-refractivity contribution in [2.24, 2.45) is 0 Å². The third kappa shape index (κ3) is 3.88. The van der Waals surface area contributed by atoms with Crippen molar-refractivity contribution in [2.45, 2.75) is 63.8 Å². The van der Waals surface area contributed by atoms with E-state index in [0.717, 1.165) is 42.5 Å². The summed E-state index contributed by atoms with van der Waals surface area (Å²) in [6.45, 7) is 8.06. The summed E-state index contributed by atoms with van der Waals surface area (Å²) in [5, 5.41) is 18.6. The summed E-state index contributed by atoms with van der Waals surface area (Å²) in [5.41, 5.74) is 0.992. The molecule has 3 aliphatic rings. The molecule has 0 radical (unpaired) electrons. The van der Waals surface area contributed by atoms with Crippen LogP contribution in [0.3, 0.4) is 0 Å². The van der Waals surface area contributed by atoms with Crippen LogP contribution in [0.25, 0.3) is 4.48 Å². The molecule has 9 heteroatoms. The molecule has 0 bridgehead atoms. The number of nitriles is 1. The number of nitrogens with zero attached hydrogens (tertiary/aromatic N) is 6. The van der Waals surface area contributed by atoms with Crippen molar-refractivity contribution in [1.29, 1.82) is 5.26 Å². The molecule has 1 aromatic heterocycles. The van der Waals surface area contributed by atoms with E-state index in [1.165, 1.54) is 0 Å². The highest BCUT2D eigenvalue weighted by molar-refractivity contribution is 9.15. The molecule has 1 amide bonds. The summed E-state index contributed by atoms with van der Waals surface area (Å²) in [6, 6.07) is 3.03. The van der Waals surface area contributed by atoms with Crippen LogP contribution in [-0.4, -0.2) is 75.2 Å². The summed E-state index contributed by atoms with van der Waals surface area (Å²) in [5.74, 6) is 0. The first-order valence-corrected chi connectivity index (χ1v) is 11.3. The molecule has 2 saturated heterocycles. The van der Waals surface area contributed by atoms with E-state index in [9.17, 15) is 10.1 Å². The van der Waals surface area contributed by atoms with Crippen LogP contribution in [-0.2, 0) is 4.74 Å². The largest absolute Gasteiger partial charge is 0.444 e. The van der Waals surface area contributed by atoms with E-state index in [1.54, 1.807) is 6.20 Å². The number of fused-ring (bicyclic) bond motifs is 1. The summed E-state index contributed by atoms with van der Waals surface area (Å²) in [6.07, 6.45) is 6.49. The number of ether oxygens (including phenoxy) is 1. The lowest BCUT2D eigenvalue weighted by Gasteiger charge is -2.56. The van der Waals surface area contributed by atoms with Gasteiger partial charge in [0.1, 0.15) is 11.7 Å². The Hall–Kier alpha value is -1.89. The normalized spacial score (nSPS) is 27.7. The molecule has 0 spiro atoms. The van der Waals surface area contributed by atoms with Crippen molar-refractivity contribution in [3.05, 3.63) is 23.5 Å². The van der Waals surface area contributed by atoms with E-state index < -0.39 is 5.60 Å². The number of piperidine rings is 1. The fourth-order valence-electron chi connectivity index (χ4n) is 4.67. The van der Waals surface area contributed by atoms with Crippen LogP contribution in [0, 0.1) is 11.3 Å². The molecular formula is C21H29BrN6O2.